The van der Waals surface area contributed by atoms with Crippen LogP contribution in [-0.4, -0.2) is 50.3 Å². The normalized spacial score (nSPS) is 30.3. The highest BCUT2D eigenvalue weighted by Gasteiger charge is 2.29. The van der Waals surface area contributed by atoms with Gasteiger partial charge in [0, 0.05) is 25.7 Å². The zero-order valence-corrected chi connectivity index (χ0v) is 14.7. The summed E-state index contributed by atoms with van der Waals surface area (Å²) in [5.41, 5.74) is 0.502. The third kappa shape index (κ3) is 5.88. The van der Waals surface area contributed by atoms with Crippen LogP contribution in [0.4, 0.5) is 0 Å². The lowest BCUT2D eigenvalue weighted by Gasteiger charge is -2.37. The van der Waals surface area contributed by atoms with Gasteiger partial charge in [-0.1, -0.05) is 20.8 Å². The first-order valence-corrected chi connectivity index (χ1v) is 8.98. The predicted octanol–water partition coefficient (Wildman–Crippen LogP) is 3.15. The molecule has 124 valence electrons. The SMILES string of the molecule is CC(CN1CCOCC1)NCC1CCC(C(C)(C)C)CC1. The lowest BCUT2D eigenvalue weighted by atomic mass is 9.70. The van der Waals surface area contributed by atoms with Crippen LogP contribution in [0.15, 0.2) is 0 Å². The number of nitrogens with one attached hydrogen (secondary N) is 1. The van der Waals surface area contributed by atoms with Crippen molar-refractivity contribution in [2.45, 2.75) is 59.4 Å². The Morgan fingerprint density at radius 2 is 1.71 bits per heavy atom. The van der Waals surface area contributed by atoms with Crippen molar-refractivity contribution < 1.29 is 4.74 Å². The van der Waals surface area contributed by atoms with Gasteiger partial charge in [0.1, 0.15) is 0 Å². The maximum absolute atomic E-state index is 5.41. The molecule has 21 heavy (non-hydrogen) atoms. The summed E-state index contributed by atoms with van der Waals surface area (Å²) in [6.07, 6.45) is 5.68. The number of morpholine rings is 1. The Labute approximate surface area is 131 Å². The number of nitrogens with zero attached hydrogens (tertiary/aromatic N) is 1. The third-order valence-corrected chi connectivity index (χ3v) is 5.46. The summed E-state index contributed by atoms with van der Waals surface area (Å²) >= 11 is 0. The second kappa shape index (κ2) is 7.94. The summed E-state index contributed by atoms with van der Waals surface area (Å²) in [6, 6.07) is 0.600. The van der Waals surface area contributed by atoms with Crippen LogP contribution in [-0.2, 0) is 4.74 Å². The highest BCUT2D eigenvalue weighted by molar-refractivity contribution is 4.82. The van der Waals surface area contributed by atoms with Gasteiger partial charge in [-0.2, -0.15) is 0 Å². The molecular formula is C18H36N2O. The molecule has 1 aliphatic carbocycles. The Kier molecular flexibility index (Phi) is 6.51. The second-order valence-electron chi connectivity index (χ2n) is 8.31. The minimum atomic E-state index is 0.502. The molecule has 0 aromatic rings. The van der Waals surface area contributed by atoms with Gasteiger partial charge in [-0.15, -0.1) is 0 Å². The van der Waals surface area contributed by atoms with Gasteiger partial charge in [0.05, 0.1) is 13.2 Å². The smallest absolute Gasteiger partial charge is 0.0594 e. The fraction of sp³-hybridized carbons (Fsp3) is 1.00. The molecule has 2 fully saturated rings. The summed E-state index contributed by atoms with van der Waals surface area (Å²) in [6.45, 7) is 15.9. The van der Waals surface area contributed by atoms with Gasteiger partial charge >= 0.3 is 0 Å². The van der Waals surface area contributed by atoms with Crippen LogP contribution in [0.25, 0.3) is 0 Å². The quantitative estimate of drug-likeness (QED) is 0.843. The van der Waals surface area contributed by atoms with Crippen LogP contribution >= 0.6 is 0 Å². The lowest BCUT2D eigenvalue weighted by Crippen LogP contribution is -2.45. The molecular weight excluding hydrogens is 260 g/mol. The van der Waals surface area contributed by atoms with Gasteiger partial charge in [-0.25, -0.2) is 0 Å². The van der Waals surface area contributed by atoms with Crippen LogP contribution in [0.2, 0.25) is 0 Å². The molecule has 1 aliphatic heterocycles. The van der Waals surface area contributed by atoms with Gasteiger partial charge in [-0.05, 0) is 56.4 Å². The molecule has 1 saturated heterocycles. The maximum atomic E-state index is 5.41. The first-order valence-electron chi connectivity index (χ1n) is 8.98. The molecule has 0 spiro atoms. The molecule has 1 atom stereocenters. The average molecular weight is 296 g/mol. The van der Waals surface area contributed by atoms with Crippen molar-refractivity contribution in [1.29, 1.82) is 0 Å². The van der Waals surface area contributed by atoms with Gasteiger partial charge in [0.2, 0.25) is 0 Å². The number of rotatable bonds is 5. The van der Waals surface area contributed by atoms with E-state index in [0.29, 0.717) is 11.5 Å². The fourth-order valence-electron chi connectivity index (χ4n) is 3.84. The van der Waals surface area contributed by atoms with Crippen LogP contribution in [0.1, 0.15) is 53.4 Å². The summed E-state index contributed by atoms with van der Waals surface area (Å²) in [5.74, 6) is 1.83. The first-order chi connectivity index (χ1) is 9.95. The second-order valence-corrected chi connectivity index (χ2v) is 8.31. The van der Waals surface area contributed by atoms with E-state index in [1.54, 1.807) is 0 Å². The Balaban J connectivity index is 1.60. The zero-order chi connectivity index (χ0) is 15.3. The Morgan fingerprint density at radius 1 is 1.10 bits per heavy atom. The maximum Gasteiger partial charge on any atom is 0.0594 e. The van der Waals surface area contributed by atoms with Crippen molar-refractivity contribution in [2.75, 3.05) is 39.4 Å². The van der Waals surface area contributed by atoms with Gasteiger partial charge in [0.25, 0.3) is 0 Å². The minimum absolute atomic E-state index is 0.502. The molecule has 0 radical (unpaired) electrons. The average Bonchev–Trinajstić information content (AvgIpc) is 2.46. The molecule has 3 heteroatoms. The van der Waals surface area contributed by atoms with Gasteiger partial charge in [0.15, 0.2) is 0 Å². The third-order valence-electron chi connectivity index (χ3n) is 5.46. The molecule has 0 bridgehead atoms. The van der Waals surface area contributed by atoms with Gasteiger partial charge < -0.3 is 10.1 Å². The van der Waals surface area contributed by atoms with Crippen molar-refractivity contribution in [2.24, 2.45) is 17.3 Å². The van der Waals surface area contributed by atoms with Crippen molar-refractivity contribution >= 4 is 0 Å². The van der Waals surface area contributed by atoms with Crippen LogP contribution in [0.5, 0.6) is 0 Å². The van der Waals surface area contributed by atoms with Crippen molar-refractivity contribution in [3.63, 3.8) is 0 Å². The highest BCUT2D eigenvalue weighted by Crippen LogP contribution is 2.39. The standard InChI is InChI=1S/C18H36N2O/c1-15(14-20-9-11-21-12-10-20)19-13-16-5-7-17(8-6-16)18(2,3)4/h15-17,19H,5-14H2,1-4H3. The van der Waals surface area contributed by atoms with Crippen LogP contribution < -0.4 is 5.32 Å². The van der Waals surface area contributed by atoms with Crippen molar-refractivity contribution in [3.05, 3.63) is 0 Å². The van der Waals surface area contributed by atoms with E-state index in [-0.39, 0.29) is 0 Å². The van der Waals surface area contributed by atoms with Crippen molar-refractivity contribution in [3.8, 4) is 0 Å². The van der Waals surface area contributed by atoms with Crippen molar-refractivity contribution in [1.82, 2.24) is 10.2 Å². The number of hydrogen-bond acceptors (Lipinski definition) is 3. The van der Waals surface area contributed by atoms with E-state index >= 15 is 0 Å². The lowest BCUT2D eigenvalue weighted by molar-refractivity contribution is 0.0340. The van der Waals surface area contributed by atoms with E-state index in [4.69, 9.17) is 4.74 Å². The topological polar surface area (TPSA) is 24.5 Å². The molecule has 1 N–H and O–H groups in total. The Morgan fingerprint density at radius 3 is 2.29 bits per heavy atom. The summed E-state index contributed by atoms with van der Waals surface area (Å²) < 4.78 is 5.41. The molecule has 0 aromatic heterocycles. The van der Waals surface area contributed by atoms with E-state index in [9.17, 15) is 0 Å². The summed E-state index contributed by atoms with van der Waals surface area (Å²) in [5, 5.41) is 3.77. The zero-order valence-electron chi connectivity index (χ0n) is 14.7. The Hall–Kier alpha value is -0.120. The predicted molar refractivity (Wildman–Crippen MR) is 89.6 cm³/mol. The Bertz CT molecular complexity index is 286. The molecule has 0 aromatic carbocycles. The molecule has 1 heterocycles. The molecule has 1 saturated carbocycles. The van der Waals surface area contributed by atoms with Crippen LogP contribution in [0.3, 0.4) is 0 Å². The summed E-state index contributed by atoms with van der Waals surface area (Å²) in [4.78, 5) is 2.53. The largest absolute Gasteiger partial charge is 0.379 e. The van der Waals surface area contributed by atoms with Gasteiger partial charge in [-0.3, -0.25) is 4.90 Å². The minimum Gasteiger partial charge on any atom is -0.379 e. The number of hydrogen-bond donors (Lipinski definition) is 1. The molecule has 1 unspecified atom stereocenters. The highest BCUT2D eigenvalue weighted by atomic mass is 16.5. The van der Waals surface area contributed by atoms with E-state index in [2.05, 4.69) is 37.9 Å². The van der Waals surface area contributed by atoms with Crippen LogP contribution in [0, 0.1) is 17.3 Å². The molecule has 2 rings (SSSR count). The van der Waals surface area contributed by atoms with E-state index in [0.717, 1.165) is 38.1 Å². The molecule has 2 aliphatic rings. The molecule has 3 nitrogen and oxygen atoms in total. The fourth-order valence-corrected chi connectivity index (χ4v) is 3.84. The monoisotopic (exact) mass is 296 g/mol. The number of ether oxygens (including phenoxy) is 1. The molecule has 0 amide bonds. The van der Waals surface area contributed by atoms with E-state index in [1.807, 2.05) is 0 Å². The van der Waals surface area contributed by atoms with E-state index < -0.39 is 0 Å². The first kappa shape index (κ1) is 17.2. The summed E-state index contributed by atoms with van der Waals surface area (Å²) in [7, 11) is 0. The van der Waals surface area contributed by atoms with E-state index in [1.165, 1.54) is 38.8 Å².